The van der Waals surface area contributed by atoms with Gasteiger partial charge in [0.1, 0.15) is 29.9 Å². The van der Waals surface area contributed by atoms with E-state index in [9.17, 15) is 38.4 Å². The van der Waals surface area contributed by atoms with E-state index in [1.807, 2.05) is 24.3 Å². The number of nitrogens with two attached hydrogens (primary N) is 10. The number of imide groups is 1. The molecule has 1 heterocycles. The molecule has 0 aromatic heterocycles. The zero-order valence-electron chi connectivity index (χ0n) is 44.7. The Morgan fingerprint density at radius 2 is 0.900 bits per heavy atom. The van der Waals surface area contributed by atoms with Crippen molar-refractivity contribution in [3.8, 4) is 5.75 Å². The lowest BCUT2D eigenvalue weighted by Crippen LogP contribution is -2.58. The Balaban J connectivity index is 1.86. The SMILES string of the molecule is CC(=O)[C@H](CCCN=C(N)N)NC(=O)[C@H](CCCN=C(N)N)NC(=O)[C@H](CCCN=C(N)N)NC(=O)[C@H](CCCN=C(N)N)NC(=O)[C@H](CCCN=C(N)N)NC(=O)CCCOc1ccc(C=C2SC(=O)NC2=O)c2ccccc12. The van der Waals surface area contributed by atoms with Crippen molar-refractivity contribution in [1.82, 2.24) is 31.9 Å². The number of carbonyl (C=O) groups is 8. The van der Waals surface area contributed by atoms with Crippen LogP contribution in [0.2, 0.25) is 0 Å². The van der Waals surface area contributed by atoms with Crippen molar-refractivity contribution in [1.29, 1.82) is 0 Å². The van der Waals surface area contributed by atoms with Crippen LogP contribution < -0.4 is 94.0 Å². The summed E-state index contributed by atoms with van der Waals surface area (Å²) < 4.78 is 6.10. The fraction of sp³-hybridized carbons (Fsp3) is 0.490. The molecule has 5 atom stereocenters. The van der Waals surface area contributed by atoms with E-state index in [4.69, 9.17) is 62.1 Å². The molecular weight excluding hydrogens is 1060 g/mol. The van der Waals surface area contributed by atoms with E-state index in [2.05, 4.69) is 56.9 Å². The molecule has 30 nitrogen and oxygen atoms in total. The Hall–Kier alpha value is -8.90. The smallest absolute Gasteiger partial charge is 0.290 e. The third-order valence-corrected chi connectivity index (χ3v) is 12.5. The number of nitrogens with zero attached hydrogens (tertiary/aromatic N) is 5. The molecule has 1 aliphatic heterocycles. The van der Waals surface area contributed by atoms with Gasteiger partial charge < -0.3 is 88.7 Å². The first kappa shape index (κ1) is 65.4. The predicted molar refractivity (Wildman–Crippen MR) is 308 cm³/mol. The van der Waals surface area contributed by atoms with E-state index in [1.54, 1.807) is 18.2 Å². The van der Waals surface area contributed by atoms with Gasteiger partial charge in [0.05, 0.1) is 17.6 Å². The molecule has 0 radical (unpaired) electrons. The molecule has 1 saturated heterocycles. The Labute approximate surface area is 466 Å². The minimum Gasteiger partial charge on any atom is -0.493 e. The number of guanidine groups is 5. The Bertz CT molecular complexity index is 2660. The number of carbonyl (C=O) groups excluding carboxylic acids is 8. The average molecular weight is 1140 g/mol. The van der Waals surface area contributed by atoms with E-state index in [-0.39, 0.29) is 150 Å². The number of hydrogen-bond acceptors (Lipinski definition) is 15. The molecule has 80 heavy (non-hydrogen) atoms. The average Bonchev–Trinajstić information content (AvgIpc) is 3.72. The molecule has 1 fully saturated rings. The highest BCUT2D eigenvalue weighted by molar-refractivity contribution is 8.18. The number of thioether (sulfide) groups is 1. The van der Waals surface area contributed by atoms with Gasteiger partial charge in [0.2, 0.25) is 29.5 Å². The van der Waals surface area contributed by atoms with Crippen LogP contribution in [0.25, 0.3) is 16.8 Å². The molecule has 7 amide bonds. The molecule has 0 saturated carbocycles. The fourth-order valence-electron chi connectivity index (χ4n) is 7.85. The quantitative estimate of drug-likeness (QED) is 0.0137. The van der Waals surface area contributed by atoms with Crippen molar-refractivity contribution in [3.63, 3.8) is 0 Å². The van der Waals surface area contributed by atoms with Crippen LogP contribution in [0.5, 0.6) is 5.75 Å². The van der Waals surface area contributed by atoms with Gasteiger partial charge in [-0.05, 0) is 112 Å². The van der Waals surface area contributed by atoms with E-state index in [0.717, 1.165) is 22.5 Å². The van der Waals surface area contributed by atoms with Crippen molar-refractivity contribution >= 4 is 105 Å². The topological polar surface area (TPSA) is 540 Å². The normalized spacial score (nSPS) is 14.1. The van der Waals surface area contributed by atoms with Gasteiger partial charge >= 0.3 is 0 Å². The first-order valence-corrected chi connectivity index (χ1v) is 26.5. The Morgan fingerprint density at radius 3 is 1.27 bits per heavy atom. The summed E-state index contributed by atoms with van der Waals surface area (Å²) in [5.41, 5.74) is 55.8. The third-order valence-electron chi connectivity index (χ3n) is 11.7. The number of amides is 7. The van der Waals surface area contributed by atoms with Crippen LogP contribution in [0.15, 0.2) is 66.3 Å². The van der Waals surface area contributed by atoms with Crippen LogP contribution in [0.4, 0.5) is 4.79 Å². The van der Waals surface area contributed by atoms with Crippen molar-refractivity contribution in [3.05, 3.63) is 46.9 Å². The number of fused-ring (bicyclic) bond motifs is 1. The van der Waals surface area contributed by atoms with Crippen LogP contribution in [0.1, 0.15) is 89.5 Å². The minimum atomic E-state index is -1.36. The first-order chi connectivity index (χ1) is 38.0. The van der Waals surface area contributed by atoms with Crippen LogP contribution >= 0.6 is 11.8 Å². The number of rotatable bonds is 36. The predicted octanol–water partition coefficient (Wildman–Crippen LogP) is -3.40. The van der Waals surface area contributed by atoms with Crippen LogP contribution in [0.3, 0.4) is 0 Å². The van der Waals surface area contributed by atoms with Crippen molar-refractivity contribution in [2.75, 3.05) is 39.3 Å². The summed E-state index contributed by atoms with van der Waals surface area (Å²) in [6, 6.07) is 4.65. The molecule has 0 unspecified atom stereocenters. The van der Waals surface area contributed by atoms with Gasteiger partial charge in [0.25, 0.3) is 11.1 Å². The lowest BCUT2D eigenvalue weighted by atomic mass is 10.0. The molecule has 31 heteroatoms. The zero-order chi connectivity index (χ0) is 59.1. The Kier molecular flexibility index (Phi) is 28.4. The molecular formula is C49H77N21O9S. The highest BCUT2D eigenvalue weighted by atomic mass is 32.2. The third kappa shape index (κ3) is 25.1. The summed E-state index contributed by atoms with van der Waals surface area (Å²) in [7, 11) is 0. The van der Waals surface area contributed by atoms with E-state index < -0.39 is 70.9 Å². The second-order valence-electron chi connectivity index (χ2n) is 18.2. The monoisotopic (exact) mass is 1140 g/mol. The summed E-state index contributed by atoms with van der Waals surface area (Å²) in [5, 5.41) is 16.8. The molecule has 0 bridgehead atoms. The maximum Gasteiger partial charge on any atom is 0.290 e. The van der Waals surface area contributed by atoms with Crippen LogP contribution in [-0.2, 0) is 33.6 Å². The maximum atomic E-state index is 14.4. The summed E-state index contributed by atoms with van der Waals surface area (Å²) in [6.45, 7) is 1.86. The van der Waals surface area contributed by atoms with Gasteiger partial charge in [-0.25, -0.2) is 0 Å². The minimum absolute atomic E-state index is 0.00772. The lowest BCUT2D eigenvalue weighted by molar-refractivity contribution is -0.135. The molecule has 0 aliphatic carbocycles. The van der Waals surface area contributed by atoms with Gasteiger partial charge in [-0.3, -0.25) is 68.6 Å². The number of aliphatic imine (C=N–C) groups is 5. The second kappa shape index (κ2) is 34.8. The van der Waals surface area contributed by atoms with E-state index >= 15 is 0 Å². The van der Waals surface area contributed by atoms with Crippen LogP contribution in [0, 0.1) is 0 Å². The van der Waals surface area contributed by atoms with Gasteiger partial charge in [-0.2, -0.15) is 0 Å². The summed E-state index contributed by atoms with van der Waals surface area (Å²) >= 11 is 0.806. The van der Waals surface area contributed by atoms with Crippen molar-refractivity contribution < 1.29 is 43.1 Å². The van der Waals surface area contributed by atoms with Gasteiger partial charge in [-0.1, -0.05) is 30.3 Å². The number of Topliss-reactive ketones (excluding diaryl/α,β-unsaturated/α-hetero) is 1. The largest absolute Gasteiger partial charge is 0.493 e. The molecule has 3 rings (SSSR count). The second-order valence-corrected chi connectivity index (χ2v) is 19.2. The number of nitrogens with one attached hydrogen (secondary N) is 6. The fourth-order valence-corrected chi connectivity index (χ4v) is 8.52. The molecule has 26 N–H and O–H groups in total. The number of hydrogen-bond donors (Lipinski definition) is 16. The Morgan fingerprint density at radius 1 is 0.525 bits per heavy atom. The molecule has 0 spiro atoms. The van der Waals surface area contributed by atoms with Gasteiger partial charge in [0, 0.05) is 44.5 Å². The zero-order valence-corrected chi connectivity index (χ0v) is 45.6. The van der Waals surface area contributed by atoms with Gasteiger partial charge in [-0.15, -0.1) is 0 Å². The summed E-state index contributed by atoms with van der Waals surface area (Å²) in [5.74, 6) is -4.93. The molecule has 2 aromatic carbocycles. The van der Waals surface area contributed by atoms with Gasteiger partial charge in [0.15, 0.2) is 35.6 Å². The van der Waals surface area contributed by atoms with Crippen LogP contribution in [-0.4, -0.2) is 146 Å². The molecule has 1 aliphatic rings. The lowest BCUT2D eigenvalue weighted by Gasteiger charge is -2.27. The number of ketones is 1. The van der Waals surface area contributed by atoms with Crippen molar-refractivity contribution in [2.45, 2.75) is 114 Å². The highest BCUT2D eigenvalue weighted by Crippen LogP contribution is 2.33. The van der Waals surface area contributed by atoms with E-state index in [1.165, 1.54) is 6.92 Å². The molecule has 2 aromatic rings. The molecule has 438 valence electrons. The first-order valence-electron chi connectivity index (χ1n) is 25.7. The summed E-state index contributed by atoms with van der Waals surface area (Å²) in [4.78, 5) is 127. The highest BCUT2D eigenvalue weighted by Gasteiger charge is 2.32. The van der Waals surface area contributed by atoms with Crippen molar-refractivity contribution in [2.24, 2.45) is 82.3 Å². The standard InChI is InChI=1S/C49H77N21O9S/c1-27(71)31(12-4-20-60-44(50)51)66-40(74)33(14-6-22-62-46(54)55)68-42(76)35(16-8-24-64-48(58)59)69-41(75)34(15-7-23-63-47(56)57)67-39(73)32(13-5-21-61-45(52)53)65-38(72)17-9-25-79-36-19-18-28(29-10-2-3-11-30(29)36)26-37-43(77)70-49(78)80-37/h2-3,10-11,18-19,26,31-35H,4-9,12-17,20-25H2,1H3,(H,65,72)(H,66,74)(H,67,73)(H,68,76)(H,69,75)(H4,50,51,60)(H4,52,53,61)(H4,54,55,62)(H4,56,57,63)(H4,58,59,64)(H,70,77,78)/t31-,32-,33-,34-,35-/m0/s1. The maximum absolute atomic E-state index is 14.4. The number of ether oxygens (including phenoxy) is 1. The number of benzene rings is 2. The summed E-state index contributed by atoms with van der Waals surface area (Å²) in [6.07, 6.45) is 2.90. The van der Waals surface area contributed by atoms with E-state index in [0.29, 0.717) is 17.7 Å².